The lowest BCUT2D eigenvalue weighted by Crippen LogP contribution is -2.02. The van der Waals surface area contributed by atoms with Gasteiger partial charge in [-0.1, -0.05) is 11.6 Å². The van der Waals surface area contributed by atoms with Gasteiger partial charge in [-0.25, -0.2) is 4.79 Å². The highest BCUT2D eigenvalue weighted by Crippen LogP contribution is 2.25. The molecule has 0 aliphatic heterocycles. The Morgan fingerprint density at radius 2 is 2.19 bits per heavy atom. The van der Waals surface area contributed by atoms with Gasteiger partial charge in [-0.05, 0) is 29.6 Å². The van der Waals surface area contributed by atoms with E-state index >= 15 is 0 Å². The van der Waals surface area contributed by atoms with E-state index in [1.165, 1.54) is 6.07 Å². The minimum Gasteiger partial charge on any atom is -0.478 e. The second kappa shape index (κ2) is 4.55. The lowest BCUT2D eigenvalue weighted by atomic mass is 10.2. The van der Waals surface area contributed by atoms with Gasteiger partial charge in [-0.3, -0.25) is 0 Å². The molecule has 0 atom stereocenters. The zero-order valence-corrected chi connectivity index (χ0v) is 9.68. The number of carboxylic acids is 1. The Morgan fingerprint density at radius 3 is 2.81 bits per heavy atom. The van der Waals surface area contributed by atoms with Crippen LogP contribution in [0.5, 0.6) is 0 Å². The van der Waals surface area contributed by atoms with Crippen molar-refractivity contribution in [3.05, 3.63) is 45.6 Å². The Hall–Kier alpha value is -1.52. The van der Waals surface area contributed by atoms with Gasteiger partial charge in [-0.2, -0.15) is 11.3 Å². The predicted molar refractivity (Wildman–Crippen MR) is 66.0 cm³/mol. The van der Waals surface area contributed by atoms with Crippen LogP contribution >= 0.6 is 22.9 Å². The van der Waals surface area contributed by atoms with Crippen LogP contribution in [-0.2, 0) is 0 Å². The first-order chi connectivity index (χ1) is 7.66. The number of halogens is 1. The van der Waals surface area contributed by atoms with Crippen molar-refractivity contribution in [1.29, 1.82) is 0 Å². The van der Waals surface area contributed by atoms with Crippen molar-refractivity contribution in [2.45, 2.75) is 0 Å². The SMILES string of the molecule is O=C(O)c1cc(Cl)ccc1Nc1ccsc1. The van der Waals surface area contributed by atoms with Crippen LogP contribution in [0, 0.1) is 0 Å². The summed E-state index contributed by atoms with van der Waals surface area (Å²) in [7, 11) is 0. The molecule has 1 aromatic heterocycles. The van der Waals surface area contributed by atoms with Crippen LogP contribution in [0.4, 0.5) is 11.4 Å². The molecule has 16 heavy (non-hydrogen) atoms. The van der Waals surface area contributed by atoms with Crippen LogP contribution < -0.4 is 5.32 Å². The number of carboxylic acid groups (broad SMARTS) is 1. The van der Waals surface area contributed by atoms with Crippen LogP contribution in [0.25, 0.3) is 0 Å². The fourth-order valence-corrected chi connectivity index (χ4v) is 2.05. The summed E-state index contributed by atoms with van der Waals surface area (Å²) in [6.45, 7) is 0. The van der Waals surface area contributed by atoms with Gasteiger partial charge in [0.25, 0.3) is 0 Å². The lowest BCUT2D eigenvalue weighted by Gasteiger charge is -2.08. The highest BCUT2D eigenvalue weighted by molar-refractivity contribution is 7.08. The van der Waals surface area contributed by atoms with E-state index in [9.17, 15) is 4.79 Å². The van der Waals surface area contributed by atoms with Gasteiger partial charge in [0.1, 0.15) is 0 Å². The van der Waals surface area contributed by atoms with Gasteiger partial charge < -0.3 is 10.4 Å². The second-order valence-electron chi connectivity index (χ2n) is 3.13. The molecule has 82 valence electrons. The van der Waals surface area contributed by atoms with E-state index in [1.54, 1.807) is 23.5 Å². The molecule has 0 bridgehead atoms. The Morgan fingerprint density at radius 1 is 1.38 bits per heavy atom. The average molecular weight is 254 g/mol. The molecule has 1 aromatic carbocycles. The summed E-state index contributed by atoms with van der Waals surface area (Å²) >= 11 is 7.29. The minimum absolute atomic E-state index is 0.165. The number of hydrogen-bond acceptors (Lipinski definition) is 3. The summed E-state index contributed by atoms with van der Waals surface area (Å²) in [5.74, 6) is -1.000. The fourth-order valence-electron chi connectivity index (χ4n) is 1.29. The molecule has 0 fully saturated rings. The van der Waals surface area contributed by atoms with E-state index in [0.717, 1.165) is 5.69 Å². The smallest absolute Gasteiger partial charge is 0.337 e. The van der Waals surface area contributed by atoms with Gasteiger partial charge >= 0.3 is 5.97 Å². The van der Waals surface area contributed by atoms with Crippen LogP contribution in [0.1, 0.15) is 10.4 Å². The van der Waals surface area contributed by atoms with E-state index in [0.29, 0.717) is 10.7 Å². The third-order valence-electron chi connectivity index (χ3n) is 2.01. The standard InChI is InChI=1S/C11H8ClNO2S/c12-7-1-2-10(9(5-7)11(14)15)13-8-3-4-16-6-8/h1-6,13H,(H,14,15). The molecule has 0 spiro atoms. The topological polar surface area (TPSA) is 49.3 Å². The van der Waals surface area contributed by atoms with Crippen LogP contribution in [0.3, 0.4) is 0 Å². The van der Waals surface area contributed by atoms with E-state index in [4.69, 9.17) is 16.7 Å². The Balaban J connectivity index is 2.36. The summed E-state index contributed by atoms with van der Waals surface area (Å²) in [5, 5.41) is 16.3. The normalized spacial score (nSPS) is 10.1. The van der Waals surface area contributed by atoms with E-state index in [2.05, 4.69) is 5.32 Å². The largest absolute Gasteiger partial charge is 0.478 e. The number of nitrogens with one attached hydrogen (secondary N) is 1. The highest BCUT2D eigenvalue weighted by Gasteiger charge is 2.10. The third-order valence-corrected chi connectivity index (χ3v) is 2.93. The van der Waals surface area contributed by atoms with Crippen LogP contribution in [-0.4, -0.2) is 11.1 Å². The van der Waals surface area contributed by atoms with Gasteiger partial charge in [0.05, 0.1) is 11.3 Å². The third kappa shape index (κ3) is 2.35. The number of carbonyl (C=O) groups is 1. The van der Waals surface area contributed by atoms with E-state index in [1.807, 2.05) is 16.8 Å². The molecule has 2 N–H and O–H groups in total. The Bertz CT molecular complexity index is 511. The molecule has 1 heterocycles. The summed E-state index contributed by atoms with van der Waals surface area (Å²) in [4.78, 5) is 11.0. The molecule has 2 rings (SSSR count). The highest BCUT2D eigenvalue weighted by atomic mass is 35.5. The summed E-state index contributed by atoms with van der Waals surface area (Å²) < 4.78 is 0. The molecular weight excluding hydrogens is 246 g/mol. The second-order valence-corrected chi connectivity index (χ2v) is 4.35. The number of thiophene rings is 1. The van der Waals surface area contributed by atoms with E-state index < -0.39 is 5.97 Å². The number of rotatable bonds is 3. The maximum absolute atomic E-state index is 11.0. The van der Waals surface area contributed by atoms with Gasteiger partial charge in [0, 0.05) is 16.1 Å². The molecule has 2 aromatic rings. The predicted octanol–water partition coefficient (Wildman–Crippen LogP) is 3.84. The number of benzene rings is 1. The maximum Gasteiger partial charge on any atom is 0.337 e. The summed E-state index contributed by atoms with van der Waals surface area (Å²) in [6.07, 6.45) is 0. The fraction of sp³-hybridized carbons (Fsp3) is 0. The lowest BCUT2D eigenvalue weighted by molar-refractivity contribution is 0.0698. The molecule has 3 nitrogen and oxygen atoms in total. The van der Waals surface area contributed by atoms with E-state index in [-0.39, 0.29) is 5.56 Å². The van der Waals surface area contributed by atoms with Gasteiger partial charge in [-0.15, -0.1) is 0 Å². The Labute approximate surface area is 101 Å². The molecular formula is C11H8ClNO2S. The van der Waals surface area contributed by atoms with Crippen molar-refractivity contribution in [2.75, 3.05) is 5.32 Å². The van der Waals surface area contributed by atoms with Crippen molar-refractivity contribution >= 4 is 40.3 Å². The molecule has 0 radical (unpaired) electrons. The van der Waals surface area contributed by atoms with Gasteiger partial charge in [0.2, 0.25) is 0 Å². The zero-order valence-electron chi connectivity index (χ0n) is 8.11. The first-order valence-electron chi connectivity index (χ1n) is 4.49. The Kier molecular flexibility index (Phi) is 3.12. The number of aromatic carboxylic acids is 1. The number of hydrogen-bond donors (Lipinski definition) is 2. The molecule has 5 heteroatoms. The average Bonchev–Trinajstić information content (AvgIpc) is 2.73. The molecule has 0 aliphatic carbocycles. The van der Waals surface area contributed by atoms with Crippen molar-refractivity contribution < 1.29 is 9.90 Å². The van der Waals surface area contributed by atoms with Crippen LogP contribution in [0.15, 0.2) is 35.0 Å². The monoisotopic (exact) mass is 253 g/mol. The van der Waals surface area contributed by atoms with Crippen molar-refractivity contribution in [2.24, 2.45) is 0 Å². The maximum atomic E-state index is 11.0. The van der Waals surface area contributed by atoms with Crippen LogP contribution in [0.2, 0.25) is 5.02 Å². The molecule has 0 unspecified atom stereocenters. The van der Waals surface area contributed by atoms with Crippen molar-refractivity contribution in [3.8, 4) is 0 Å². The first-order valence-corrected chi connectivity index (χ1v) is 5.81. The van der Waals surface area contributed by atoms with Gasteiger partial charge in [0.15, 0.2) is 0 Å². The summed E-state index contributed by atoms with van der Waals surface area (Å²) in [5.41, 5.74) is 1.57. The van der Waals surface area contributed by atoms with Crippen molar-refractivity contribution in [1.82, 2.24) is 0 Å². The first kappa shape index (κ1) is 11.0. The summed E-state index contributed by atoms with van der Waals surface area (Å²) in [6, 6.07) is 6.62. The zero-order chi connectivity index (χ0) is 11.5. The molecule has 0 saturated heterocycles. The minimum atomic E-state index is -1.000. The molecule has 0 amide bonds. The quantitative estimate of drug-likeness (QED) is 0.874. The molecule has 0 aliphatic rings. The van der Waals surface area contributed by atoms with Crippen molar-refractivity contribution in [3.63, 3.8) is 0 Å². The number of anilines is 2. The molecule has 0 saturated carbocycles.